The van der Waals surface area contributed by atoms with Crippen LogP contribution in [0.2, 0.25) is 0 Å². The summed E-state index contributed by atoms with van der Waals surface area (Å²) < 4.78 is 5.12. The number of ketones is 1. The molecule has 1 fully saturated rings. The van der Waals surface area contributed by atoms with E-state index in [9.17, 15) is 9.59 Å². The van der Waals surface area contributed by atoms with Gasteiger partial charge in [0.2, 0.25) is 0 Å². The van der Waals surface area contributed by atoms with Crippen molar-refractivity contribution in [1.29, 1.82) is 0 Å². The van der Waals surface area contributed by atoms with E-state index < -0.39 is 6.09 Å². The van der Waals surface area contributed by atoms with E-state index in [1.807, 2.05) is 30.3 Å². The summed E-state index contributed by atoms with van der Waals surface area (Å²) in [4.78, 5) is 24.1. The van der Waals surface area contributed by atoms with Crippen molar-refractivity contribution >= 4 is 27.8 Å². The summed E-state index contributed by atoms with van der Waals surface area (Å²) >= 11 is 3.21. The third kappa shape index (κ3) is 3.06. The van der Waals surface area contributed by atoms with Crippen LogP contribution < -0.4 is 0 Å². The Morgan fingerprint density at radius 1 is 1.41 bits per heavy atom. The standard InChI is InChI=1S/C12H12BrNO3/c13-10-6-14(7-11(10)15)12(16)17-8-9-4-2-1-3-5-9/h1-5,10H,6-8H2/t10-/m1/s1. The molecule has 1 aromatic carbocycles. The molecule has 0 spiro atoms. The number of carbonyl (C=O) groups excluding carboxylic acids is 2. The number of carbonyl (C=O) groups is 2. The van der Waals surface area contributed by atoms with Crippen molar-refractivity contribution in [2.24, 2.45) is 0 Å². The maximum Gasteiger partial charge on any atom is 0.410 e. The van der Waals surface area contributed by atoms with Crippen molar-refractivity contribution in [3.8, 4) is 0 Å². The summed E-state index contributed by atoms with van der Waals surface area (Å²) in [5, 5.41) is 0. The average Bonchev–Trinajstić information content (AvgIpc) is 2.68. The third-order valence-electron chi connectivity index (χ3n) is 2.54. The predicted molar refractivity (Wildman–Crippen MR) is 65.9 cm³/mol. The van der Waals surface area contributed by atoms with Gasteiger partial charge in [0, 0.05) is 6.54 Å². The summed E-state index contributed by atoms with van der Waals surface area (Å²) in [5.41, 5.74) is 0.932. The van der Waals surface area contributed by atoms with Gasteiger partial charge in [-0.15, -0.1) is 0 Å². The number of benzene rings is 1. The number of Topliss-reactive ketones (excluding diaryl/α,β-unsaturated/α-hetero) is 1. The van der Waals surface area contributed by atoms with Crippen LogP contribution in [0.3, 0.4) is 0 Å². The number of rotatable bonds is 2. The van der Waals surface area contributed by atoms with Gasteiger partial charge in [0.15, 0.2) is 5.78 Å². The fourth-order valence-corrected chi connectivity index (χ4v) is 2.09. The van der Waals surface area contributed by atoms with Crippen molar-refractivity contribution in [2.75, 3.05) is 13.1 Å². The van der Waals surface area contributed by atoms with Gasteiger partial charge in [-0.05, 0) is 5.56 Å². The number of alkyl halides is 1. The maximum absolute atomic E-state index is 11.6. The third-order valence-corrected chi connectivity index (χ3v) is 3.34. The second-order valence-electron chi connectivity index (χ2n) is 3.85. The Bertz CT molecular complexity index is 421. The molecule has 1 amide bonds. The van der Waals surface area contributed by atoms with Crippen molar-refractivity contribution in [3.05, 3.63) is 35.9 Å². The maximum atomic E-state index is 11.6. The zero-order valence-electron chi connectivity index (χ0n) is 9.14. The minimum atomic E-state index is -0.441. The van der Waals surface area contributed by atoms with Crippen LogP contribution in [0.1, 0.15) is 5.56 Å². The van der Waals surface area contributed by atoms with Gasteiger partial charge in [-0.3, -0.25) is 9.69 Å². The normalized spacial score (nSPS) is 19.5. The van der Waals surface area contributed by atoms with Crippen molar-refractivity contribution in [2.45, 2.75) is 11.4 Å². The first-order chi connectivity index (χ1) is 8.16. The van der Waals surface area contributed by atoms with Crippen LogP contribution in [0.15, 0.2) is 30.3 Å². The molecule has 90 valence electrons. The molecule has 0 N–H and O–H groups in total. The molecule has 4 nitrogen and oxygen atoms in total. The van der Waals surface area contributed by atoms with Crippen molar-refractivity contribution < 1.29 is 14.3 Å². The van der Waals surface area contributed by atoms with E-state index in [0.29, 0.717) is 6.54 Å². The number of halogens is 1. The molecule has 0 saturated carbocycles. The monoisotopic (exact) mass is 297 g/mol. The lowest BCUT2D eigenvalue weighted by atomic mass is 10.2. The Morgan fingerprint density at radius 3 is 2.71 bits per heavy atom. The van der Waals surface area contributed by atoms with Gasteiger partial charge in [0.25, 0.3) is 0 Å². The number of ether oxygens (including phenoxy) is 1. The quantitative estimate of drug-likeness (QED) is 0.784. The summed E-state index contributed by atoms with van der Waals surface area (Å²) in [6.45, 7) is 0.743. The molecule has 1 heterocycles. The van der Waals surface area contributed by atoms with Gasteiger partial charge in [-0.2, -0.15) is 0 Å². The van der Waals surface area contributed by atoms with E-state index in [1.165, 1.54) is 4.90 Å². The zero-order valence-corrected chi connectivity index (χ0v) is 10.7. The molecule has 1 aromatic rings. The molecule has 5 heteroatoms. The molecule has 1 saturated heterocycles. The first-order valence-electron chi connectivity index (χ1n) is 5.29. The van der Waals surface area contributed by atoms with Crippen LogP contribution in [0, 0.1) is 0 Å². The highest BCUT2D eigenvalue weighted by atomic mass is 79.9. The minimum absolute atomic E-state index is 0.0154. The number of nitrogens with zero attached hydrogens (tertiary/aromatic N) is 1. The first kappa shape index (κ1) is 12.1. The highest BCUT2D eigenvalue weighted by Crippen LogP contribution is 2.14. The van der Waals surface area contributed by atoms with E-state index in [4.69, 9.17) is 4.74 Å². The van der Waals surface area contributed by atoms with Gasteiger partial charge in [-0.25, -0.2) is 4.79 Å². The summed E-state index contributed by atoms with van der Waals surface area (Å²) in [5.74, 6) is 0.0154. The van der Waals surface area contributed by atoms with Gasteiger partial charge >= 0.3 is 6.09 Å². The molecule has 0 aliphatic carbocycles. The highest BCUT2D eigenvalue weighted by Gasteiger charge is 2.32. The predicted octanol–water partition coefficient (Wildman–Crippen LogP) is 1.97. The van der Waals surface area contributed by atoms with E-state index in [0.717, 1.165) is 5.56 Å². The zero-order chi connectivity index (χ0) is 12.3. The number of amides is 1. The molecule has 0 bridgehead atoms. The minimum Gasteiger partial charge on any atom is -0.445 e. The largest absolute Gasteiger partial charge is 0.445 e. The van der Waals surface area contributed by atoms with Gasteiger partial charge in [-0.1, -0.05) is 46.3 Å². The number of hydrogen-bond donors (Lipinski definition) is 0. The lowest BCUT2D eigenvalue weighted by Gasteiger charge is -2.14. The van der Waals surface area contributed by atoms with Crippen LogP contribution in [0.25, 0.3) is 0 Å². The highest BCUT2D eigenvalue weighted by molar-refractivity contribution is 9.10. The van der Waals surface area contributed by atoms with Gasteiger partial charge < -0.3 is 4.74 Å². The summed E-state index contributed by atoms with van der Waals surface area (Å²) in [6.07, 6.45) is -0.441. The molecule has 0 radical (unpaired) electrons. The molecule has 17 heavy (non-hydrogen) atoms. The summed E-state index contributed by atoms with van der Waals surface area (Å²) in [6, 6.07) is 9.44. The van der Waals surface area contributed by atoms with Crippen LogP contribution in [-0.2, 0) is 16.1 Å². The second kappa shape index (κ2) is 5.31. The smallest absolute Gasteiger partial charge is 0.410 e. The van der Waals surface area contributed by atoms with Crippen LogP contribution in [0.4, 0.5) is 4.79 Å². The molecule has 2 rings (SSSR count). The van der Waals surface area contributed by atoms with Crippen molar-refractivity contribution in [3.63, 3.8) is 0 Å². The van der Waals surface area contributed by atoms with Crippen molar-refractivity contribution in [1.82, 2.24) is 4.90 Å². The molecule has 0 unspecified atom stereocenters. The van der Waals surface area contributed by atoms with E-state index in [1.54, 1.807) is 0 Å². The van der Waals surface area contributed by atoms with E-state index >= 15 is 0 Å². The SMILES string of the molecule is O=C1CN(C(=O)OCc2ccccc2)C[C@H]1Br. The molecular weight excluding hydrogens is 286 g/mol. The first-order valence-corrected chi connectivity index (χ1v) is 6.21. The van der Waals surface area contributed by atoms with E-state index in [-0.39, 0.29) is 23.8 Å². The molecular formula is C12H12BrNO3. The Kier molecular flexibility index (Phi) is 3.78. The molecule has 0 aromatic heterocycles. The molecule has 1 aliphatic heterocycles. The number of likely N-dealkylation sites (tertiary alicyclic amines) is 1. The topological polar surface area (TPSA) is 46.6 Å². The Morgan fingerprint density at radius 2 is 2.12 bits per heavy atom. The lowest BCUT2D eigenvalue weighted by Crippen LogP contribution is -2.29. The average molecular weight is 298 g/mol. The molecule has 1 aliphatic rings. The fraction of sp³-hybridized carbons (Fsp3) is 0.333. The number of hydrogen-bond acceptors (Lipinski definition) is 3. The Labute approximate surface area is 108 Å². The summed E-state index contributed by atoms with van der Waals surface area (Å²) in [7, 11) is 0. The Balaban J connectivity index is 1.84. The second-order valence-corrected chi connectivity index (χ2v) is 4.96. The van der Waals surface area contributed by atoms with Crippen LogP contribution >= 0.6 is 15.9 Å². The van der Waals surface area contributed by atoms with E-state index in [2.05, 4.69) is 15.9 Å². The lowest BCUT2D eigenvalue weighted by molar-refractivity contribution is -0.116. The van der Waals surface area contributed by atoms with Gasteiger partial charge in [0.1, 0.15) is 6.61 Å². The molecule has 1 atom stereocenters. The van der Waals surface area contributed by atoms with Crippen LogP contribution in [0.5, 0.6) is 0 Å². The van der Waals surface area contributed by atoms with Gasteiger partial charge in [0.05, 0.1) is 11.4 Å². The van der Waals surface area contributed by atoms with Crippen LogP contribution in [-0.4, -0.2) is 34.7 Å². The Hall–Kier alpha value is -1.36. The fourth-order valence-electron chi connectivity index (χ4n) is 1.60.